The Bertz CT molecular complexity index is 1200. The van der Waals surface area contributed by atoms with Crippen molar-refractivity contribution < 1.29 is 4.79 Å². The molecule has 0 aliphatic heterocycles. The molecule has 1 amide bonds. The maximum Gasteiger partial charge on any atom is 0.230 e. The van der Waals surface area contributed by atoms with E-state index in [1.807, 2.05) is 46.5 Å². The summed E-state index contributed by atoms with van der Waals surface area (Å²) in [5, 5.41) is 7.70. The van der Waals surface area contributed by atoms with E-state index in [1.54, 1.807) is 11.8 Å². The Hall–Kier alpha value is -3.06. The molecule has 160 valence electrons. The number of hydrogen-bond acceptors (Lipinski definition) is 4. The van der Waals surface area contributed by atoms with Gasteiger partial charge in [-0.1, -0.05) is 36.4 Å². The number of benzene rings is 1. The van der Waals surface area contributed by atoms with Gasteiger partial charge >= 0.3 is 0 Å². The first kappa shape index (κ1) is 21.2. The Morgan fingerprint density at radius 3 is 2.68 bits per heavy atom. The van der Waals surface area contributed by atoms with Gasteiger partial charge in [0.15, 0.2) is 0 Å². The molecule has 1 aromatic carbocycles. The number of fused-ring (bicyclic) bond motifs is 1. The molecule has 0 saturated carbocycles. The number of carbonyl (C=O) groups excluding carboxylic acids is 1. The average molecular weight is 434 g/mol. The number of pyridine rings is 1. The van der Waals surface area contributed by atoms with Crippen molar-refractivity contribution >= 4 is 23.3 Å². The number of carbonyl (C=O) groups is 1. The lowest BCUT2D eigenvalue weighted by molar-refractivity contribution is -0.118. The number of thioether (sulfide) groups is 1. The summed E-state index contributed by atoms with van der Waals surface area (Å²) in [6.07, 6.45) is 4.09. The summed E-state index contributed by atoms with van der Waals surface area (Å²) in [4.78, 5) is 17.0. The van der Waals surface area contributed by atoms with Crippen LogP contribution < -0.4 is 5.32 Å². The first-order valence-corrected chi connectivity index (χ1v) is 11.5. The van der Waals surface area contributed by atoms with Gasteiger partial charge in [-0.3, -0.25) is 9.48 Å². The number of amides is 1. The summed E-state index contributed by atoms with van der Waals surface area (Å²) in [5.74, 6) is 1.14. The predicted octanol–water partition coefficient (Wildman–Crippen LogP) is 4.05. The molecule has 0 aliphatic carbocycles. The number of aromatic nitrogens is 4. The van der Waals surface area contributed by atoms with Crippen molar-refractivity contribution in [3.05, 3.63) is 88.6 Å². The molecular weight excluding hydrogens is 406 g/mol. The fourth-order valence-electron chi connectivity index (χ4n) is 3.61. The maximum atomic E-state index is 12.4. The van der Waals surface area contributed by atoms with E-state index in [1.165, 1.54) is 11.1 Å². The molecule has 4 aromatic rings. The van der Waals surface area contributed by atoms with Crippen molar-refractivity contribution in [3.8, 4) is 0 Å². The third-order valence-electron chi connectivity index (χ3n) is 5.30. The minimum atomic E-state index is 0.0271. The van der Waals surface area contributed by atoms with Crippen LogP contribution in [0.1, 0.15) is 33.8 Å². The third-order valence-corrected chi connectivity index (χ3v) is 6.27. The lowest BCUT2D eigenvalue weighted by Crippen LogP contribution is -2.25. The summed E-state index contributed by atoms with van der Waals surface area (Å²) >= 11 is 1.58. The summed E-state index contributed by atoms with van der Waals surface area (Å²) in [5.41, 5.74) is 7.46. The van der Waals surface area contributed by atoms with Gasteiger partial charge in [0.25, 0.3) is 0 Å². The molecule has 31 heavy (non-hydrogen) atoms. The van der Waals surface area contributed by atoms with Crippen molar-refractivity contribution in [1.29, 1.82) is 0 Å². The SMILES string of the molecule is Cc1ccc2nc(CSCC(=O)NCc3c(C)nn(Cc4ccccc4)c3C)cn2c1. The monoisotopic (exact) mass is 433 g/mol. The van der Waals surface area contributed by atoms with Gasteiger partial charge < -0.3 is 9.72 Å². The topological polar surface area (TPSA) is 64.2 Å². The molecule has 1 N–H and O–H groups in total. The maximum absolute atomic E-state index is 12.4. The lowest BCUT2D eigenvalue weighted by atomic mass is 10.2. The number of aryl methyl sites for hydroxylation is 2. The van der Waals surface area contributed by atoms with Gasteiger partial charge in [0.2, 0.25) is 5.91 Å². The quantitative estimate of drug-likeness (QED) is 0.455. The smallest absolute Gasteiger partial charge is 0.230 e. The lowest BCUT2D eigenvalue weighted by Gasteiger charge is -2.07. The molecule has 0 radical (unpaired) electrons. The van der Waals surface area contributed by atoms with Crippen LogP contribution in [0.3, 0.4) is 0 Å². The van der Waals surface area contributed by atoms with Gasteiger partial charge in [0.05, 0.1) is 23.7 Å². The molecule has 0 saturated heterocycles. The van der Waals surface area contributed by atoms with E-state index in [-0.39, 0.29) is 5.91 Å². The summed E-state index contributed by atoms with van der Waals surface area (Å²) in [7, 11) is 0. The van der Waals surface area contributed by atoms with Crippen LogP contribution in [-0.4, -0.2) is 30.8 Å². The predicted molar refractivity (Wildman–Crippen MR) is 125 cm³/mol. The van der Waals surface area contributed by atoms with E-state index >= 15 is 0 Å². The van der Waals surface area contributed by atoms with Crippen molar-refractivity contribution in [2.24, 2.45) is 0 Å². The van der Waals surface area contributed by atoms with Crippen LogP contribution >= 0.6 is 11.8 Å². The highest BCUT2D eigenvalue weighted by molar-refractivity contribution is 7.99. The Labute approximate surface area is 186 Å². The Kier molecular flexibility index (Phi) is 6.42. The Balaban J connectivity index is 1.28. The summed E-state index contributed by atoms with van der Waals surface area (Å²) < 4.78 is 4.04. The van der Waals surface area contributed by atoms with Crippen LogP contribution in [0, 0.1) is 20.8 Å². The largest absolute Gasteiger partial charge is 0.351 e. The molecule has 0 atom stereocenters. The summed E-state index contributed by atoms with van der Waals surface area (Å²) in [6.45, 7) is 7.35. The normalized spacial score (nSPS) is 11.2. The minimum Gasteiger partial charge on any atom is -0.351 e. The molecule has 7 heteroatoms. The second kappa shape index (κ2) is 9.39. The fraction of sp³-hybridized carbons (Fsp3) is 0.292. The van der Waals surface area contributed by atoms with E-state index in [4.69, 9.17) is 0 Å². The zero-order valence-corrected chi connectivity index (χ0v) is 18.9. The van der Waals surface area contributed by atoms with Gasteiger partial charge in [0, 0.05) is 35.9 Å². The first-order valence-electron chi connectivity index (χ1n) is 10.3. The van der Waals surface area contributed by atoms with Crippen LogP contribution in [0.5, 0.6) is 0 Å². The second-order valence-electron chi connectivity index (χ2n) is 7.77. The minimum absolute atomic E-state index is 0.0271. The standard InChI is InChI=1S/C24H27N5OS/c1-17-9-10-23-26-21(14-28(23)12-17)15-31-16-24(30)25-11-22-18(2)27-29(19(22)3)13-20-7-5-4-6-8-20/h4-10,12,14H,11,13,15-16H2,1-3H3,(H,25,30). The van der Waals surface area contributed by atoms with Crippen molar-refractivity contribution in [2.45, 2.75) is 39.6 Å². The molecule has 0 unspecified atom stereocenters. The molecule has 0 bridgehead atoms. The van der Waals surface area contributed by atoms with Crippen LogP contribution in [-0.2, 0) is 23.6 Å². The Morgan fingerprint density at radius 1 is 1.06 bits per heavy atom. The summed E-state index contributed by atoms with van der Waals surface area (Å²) in [6, 6.07) is 14.3. The highest BCUT2D eigenvalue weighted by Gasteiger charge is 2.13. The van der Waals surface area contributed by atoms with Gasteiger partial charge in [-0.25, -0.2) is 4.98 Å². The Morgan fingerprint density at radius 2 is 1.87 bits per heavy atom. The molecular formula is C24H27N5OS. The van der Waals surface area contributed by atoms with Gasteiger partial charge in [-0.15, -0.1) is 11.8 Å². The van der Waals surface area contributed by atoms with E-state index in [9.17, 15) is 4.79 Å². The molecule has 3 aromatic heterocycles. The van der Waals surface area contributed by atoms with E-state index in [0.29, 0.717) is 18.1 Å². The first-order chi connectivity index (χ1) is 15.0. The second-order valence-corrected chi connectivity index (χ2v) is 8.75. The molecule has 0 aliphatic rings. The van der Waals surface area contributed by atoms with Crippen LogP contribution in [0.15, 0.2) is 54.9 Å². The molecule has 0 fully saturated rings. The molecule has 0 spiro atoms. The van der Waals surface area contributed by atoms with E-state index < -0.39 is 0 Å². The van der Waals surface area contributed by atoms with Gasteiger partial charge in [-0.2, -0.15) is 5.10 Å². The number of imidazole rings is 1. The highest BCUT2D eigenvalue weighted by atomic mass is 32.2. The van der Waals surface area contributed by atoms with Crippen LogP contribution in [0.2, 0.25) is 0 Å². The van der Waals surface area contributed by atoms with Gasteiger partial charge in [-0.05, 0) is 38.0 Å². The van der Waals surface area contributed by atoms with Crippen LogP contribution in [0.25, 0.3) is 5.65 Å². The third kappa shape index (κ3) is 5.17. The van der Waals surface area contributed by atoms with Crippen molar-refractivity contribution in [3.63, 3.8) is 0 Å². The van der Waals surface area contributed by atoms with Crippen molar-refractivity contribution in [2.75, 3.05) is 5.75 Å². The zero-order chi connectivity index (χ0) is 21.8. The number of rotatable bonds is 8. The zero-order valence-electron chi connectivity index (χ0n) is 18.1. The van der Waals surface area contributed by atoms with E-state index in [0.717, 1.165) is 34.8 Å². The highest BCUT2D eigenvalue weighted by Crippen LogP contribution is 2.16. The number of nitrogens with one attached hydrogen (secondary N) is 1. The number of hydrogen-bond donors (Lipinski definition) is 1. The van der Waals surface area contributed by atoms with Gasteiger partial charge in [0.1, 0.15) is 5.65 Å². The van der Waals surface area contributed by atoms with Crippen molar-refractivity contribution in [1.82, 2.24) is 24.5 Å². The molecule has 4 rings (SSSR count). The average Bonchev–Trinajstić information content (AvgIpc) is 3.27. The number of nitrogens with zero attached hydrogens (tertiary/aromatic N) is 4. The van der Waals surface area contributed by atoms with Crippen LogP contribution in [0.4, 0.5) is 0 Å². The molecule has 3 heterocycles. The van der Waals surface area contributed by atoms with E-state index in [2.05, 4.69) is 53.6 Å². The molecule has 6 nitrogen and oxygen atoms in total. The fourth-order valence-corrected chi connectivity index (χ4v) is 4.35.